The number of hydrogen-bond acceptors (Lipinski definition) is 4. The Labute approximate surface area is 124 Å². The van der Waals surface area contributed by atoms with Crippen LogP contribution in [0.5, 0.6) is 5.75 Å². The third-order valence-corrected chi connectivity index (χ3v) is 3.66. The van der Waals surface area contributed by atoms with E-state index in [1.807, 2.05) is 6.92 Å². The second kappa shape index (κ2) is 7.38. The van der Waals surface area contributed by atoms with E-state index in [0.29, 0.717) is 50.6 Å². The summed E-state index contributed by atoms with van der Waals surface area (Å²) < 4.78 is 19.5. The minimum absolute atomic E-state index is 0.0319. The molecule has 116 valence electrons. The standard InChI is InChI=1S/C15H22FN3O2/c1-2-21-14-5-3-4-13(16)12(14)11-18-6-8-19(9-7-18)15(20)10-17/h3-5H,2,6-11,17H2,1H3. The molecule has 1 heterocycles. The Bertz CT molecular complexity index is 488. The van der Waals surface area contributed by atoms with Gasteiger partial charge in [-0.15, -0.1) is 0 Å². The van der Waals surface area contributed by atoms with Gasteiger partial charge in [0, 0.05) is 38.3 Å². The van der Waals surface area contributed by atoms with Crippen molar-refractivity contribution in [3.63, 3.8) is 0 Å². The Morgan fingerprint density at radius 3 is 2.67 bits per heavy atom. The van der Waals surface area contributed by atoms with E-state index < -0.39 is 0 Å². The van der Waals surface area contributed by atoms with E-state index in [4.69, 9.17) is 10.5 Å². The number of benzene rings is 1. The Kier molecular flexibility index (Phi) is 5.52. The van der Waals surface area contributed by atoms with Crippen LogP contribution in [0.2, 0.25) is 0 Å². The van der Waals surface area contributed by atoms with Crippen molar-refractivity contribution in [1.82, 2.24) is 9.80 Å². The smallest absolute Gasteiger partial charge is 0.236 e. The molecule has 1 amide bonds. The largest absolute Gasteiger partial charge is 0.493 e. The molecule has 0 radical (unpaired) electrons. The molecule has 0 spiro atoms. The Hall–Kier alpha value is -1.66. The van der Waals surface area contributed by atoms with E-state index in [2.05, 4.69) is 4.90 Å². The van der Waals surface area contributed by atoms with Crippen molar-refractivity contribution in [2.45, 2.75) is 13.5 Å². The van der Waals surface area contributed by atoms with Crippen molar-refractivity contribution >= 4 is 5.91 Å². The minimum atomic E-state index is -0.249. The van der Waals surface area contributed by atoms with Gasteiger partial charge in [0.2, 0.25) is 5.91 Å². The van der Waals surface area contributed by atoms with E-state index in [0.717, 1.165) is 0 Å². The van der Waals surface area contributed by atoms with E-state index >= 15 is 0 Å². The average Bonchev–Trinajstić information content (AvgIpc) is 2.51. The molecule has 2 rings (SSSR count). The number of nitrogens with two attached hydrogens (primary N) is 1. The average molecular weight is 295 g/mol. The van der Waals surface area contributed by atoms with Gasteiger partial charge < -0.3 is 15.4 Å². The van der Waals surface area contributed by atoms with Crippen LogP contribution < -0.4 is 10.5 Å². The first-order chi connectivity index (χ1) is 10.2. The summed E-state index contributed by atoms with van der Waals surface area (Å²) >= 11 is 0. The van der Waals surface area contributed by atoms with Crippen LogP contribution in [0.15, 0.2) is 18.2 Å². The van der Waals surface area contributed by atoms with E-state index in [-0.39, 0.29) is 18.3 Å². The lowest BCUT2D eigenvalue weighted by molar-refractivity contribution is -0.131. The topological polar surface area (TPSA) is 58.8 Å². The predicted octanol–water partition coefficient (Wildman–Crippen LogP) is 0.827. The van der Waals surface area contributed by atoms with Crippen molar-refractivity contribution < 1.29 is 13.9 Å². The van der Waals surface area contributed by atoms with Crippen molar-refractivity contribution in [2.24, 2.45) is 5.73 Å². The number of hydrogen-bond donors (Lipinski definition) is 1. The van der Waals surface area contributed by atoms with Crippen LogP contribution >= 0.6 is 0 Å². The molecule has 1 aliphatic heterocycles. The number of rotatable bonds is 5. The third-order valence-electron chi connectivity index (χ3n) is 3.66. The molecular formula is C15H22FN3O2. The number of amides is 1. The molecule has 2 N–H and O–H groups in total. The van der Waals surface area contributed by atoms with E-state index in [9.17, 15) is 9.18 Å². The van der Waals surface area contributed by atoms with Crippen LogP contribution in [0, 0.1) is 5.82 Å². The zero-order valence-corrected chi connectivity index (χ0v) is 12.3. The van der Waals surface area contributed by atoms with Crippen molar-refractivity contribution in [2.75, 3.05) is 39.3 Å². The molecule has 1 fully saturated rings. The van der Waals surface area contributed by atoms with Gasteiger partial charge >= 0.3 is 0 Å². The fraction of sp³-hybridized carbons (Fsp3) is 0.533. The molecule has 0 unspecified atom stereocenters. The van der Waals surface area contributed by atoms with Crippen LogP contribution in [-0.4, -0.2) is 55.0 Å². The Morgan fingerprint density at radius 1 is 1.33 bits per heavy atom. The van der Waals surface area contributed by atoms with Crippen molar-refractivity contribution in [3.05, 3.63) is 29.6 Å². The molecule has 0 aromatic heterocycles. The number of carbonyl (C=O) groups is 1. The minimum Gasteiger partial charge on any atom is -0.493 e. The maximum atomic E-state index is 14.0. The summed E-state index contributed by atoms with van der Waals surface area (Å²) in [6.07, 6.45) is 0. The van der Waals surface area contributed by atoms with Gasteiger partial charge in [-0.3, -0.25) is 9.69 Å². The summed E-state index contributed by atoms with van der Waals surface area (Å²) in [6, 6.07) is 4.89. The number of halogens is 1. The number of ether oxygens (including phenoxy) is 1. The highest BCUT2D eigenvalue weighted by molar-refractivity contribution is 5.78. The maximum Gasteiger partial charge on any atom is 0.236 e. The molecule has 0 saturated carbocycles. The zero-order chi connectivity index (χ0) is 15.2. The lowest BCUT2D eigenvalue weighted by Gasteiger charge is -2.34. The molecule has 1 aromatic carbocycles. The van der Waals surface area contributed by atoms with E-state index in [1.165, 1.54) is 6.07 Å². The predicted molar refractivity (Wildman–Crippen MR) is 78.5 cm³/mol. The lowest BCUT2D eigenvalue weighted by atomic mass is 10.1. The second-order valence-corrected chi connectivity index (χ2v) is 5.01. The van der Waals surface area contributed by atoms with Crippen LogP contribution in [0.3, 0.4) is 0 Å². The van der Waals surface area contributed by atoms with Gasteiger partial charge in [0.25, 0.3) is 0 Å². The molecular weight excluding hydrogens is 273 g/mol. The molecule has 0 atom stereocenters. The van der Waals surface area contributed by atoms with Crippen LogP contribution in [0.4, 0.5) is 4.39 Å². The first-order valence-electron chi connectivity index (χ1n) is 7.26. The summed E-state index contributed by atoms with van der Waals surface area (Å²) in [6.45, 7) is 5.62. The Balaban J connectivity index is 1.99. The van der Waals surface area contributed by atoms with Gasteiger partial charge in [0.15, 0.2) is 0 Å². The van der Waals surface area contributed by atoms with Crippen molar-refractivity contribution in [1.29, 1.82) is 0 Å². The van der Waals surface area contributed by atoms with Crippen molar-refractivity contribution in [3.8, 4) is 5.75 Å². The zero-order valence-electron chi connectivity index (χ0n) is 12.3. The molecule has 1 aromatic rings. The molecule has 5 nitrogen and oxygen atoms in total. The highest BCUT2D eigenvalue weighted by Gasteiger charge is 2.22. The van der Waals surface area contributed by atoms with Crippen LogP contribution in [0.1, 0.15) is 12.5 Å². The molecule has 6 heteroatoms. The van der Waals surface area contributed by atoms with Gasteiger partial charge in [-0.25, -0.2) is 4.39 Å². The van der Waals surface area contributed by atoms with Gasteiger partial charge in [-0.1, -0.05) is 6.07 Å². The highest BCUT2D eigenvalue weighted by atomic mass is 19.1. The van der Waals surface area contributed by atoms with Gasteiger partial charge in [0.05, 0.1) is 13.2 Å². The Morgan fingerprint density at radius 2 is 2.05 bits per heavy atom. The van der Waals surface area contributed by atoms with Crippen LogP contribution in [-0.2, 0) is 11.3 Å². The monoisotopic (exact) mass is 295 g/mol. The summed E-state index contributed by atoms with van der Waals surface area (Å²) in [5.41, 5.74) is 5.94. The molecule has 1 saturated heterocycles. The fourth-order valence-corrected chi connectivity index (χ4v) is 2.49. The fourth-order valence-electron chi connectivity index (χ4n) is 2.49. The molecule has 1 aliphatic rings. The SMILES string of the molecule is CCOc1cccc(F)c1CN1CCN(C(=O)CN)CC1. The first-order valence-corrected chi connectivity index (χ1v) is 7.26. The van der Waals surface area contributed by atoms with Gasteiger partial charge in [0.1, 0.15) is 11.6 Å². The maximum absolute atomic E-state index is 14.0. The highest BCUT2D eigenvalue weighted by Crippen LogP contribution is 2.23. The quantitative estimate of drug-likeness (QED) is 0.874. The summed E-state index contributed by atoms with van der Waals surface area (Å²) in [5, 5.41) is 0. The number of carbonyl (C=O) groups excluding carboxylic acids is 1. The summed E-state index contributed by atoms with van der Waals surface area (Å²) in [7, 11) is 0. The number of piperazine rings is 1. The van der Waals surface area contributed by atoms with E-state index in [1.54, 1.807) is 17.0 Å². The number of nitrogens with zero attached hydrogens (tertiary/aromatic N) is 2. The third kappa shape index (κ3) is 3.92. The van der Waals surface area contributed by atoms with Gasteiger partial charge in [-0.05, 0) is 19.1 Å². The molecule has 0 aliphatic carbocycles. The summed E-state index contributed by atoms with van der Waals surface area (Å²) in [5.74, 6) is 0.315. The van der Waals surface area contributed by atoms with Gasteiger partial charge in [-0.2, -0.15) is 0 Å². The molecule has 0 bridgehead atoms. The lowest BCUT2D eigenvalue weighted by Crippen LogP contribution is -2.50. The summed E-state index contributed by atoms with van der Waals surface area (Å²) in [4.78, 5) is 15.4. The second-order valence-electron chi connectivity index (χ2n) is 5.01. The van der Waals surface area contributed by atoms with Crippen LogP contribution in [0.25, 0.3) is 0 Å². The molecule has 21 heavy (non-hydrogen) atoms. The normalized spacial score (nSPS) is 16.0. The first kappa shape index (κ1) is 15.7.